The van der Waals surface area contributed by atoms with Gasteiger partial charge in [-0.1, -0.05) is 0 Å². The molecule has 0 aliphatic heterocycles. The number of aromatic nitrogens is 2. The summed E-state index contributed by atoms with van der Waals surface area (Å²) in [5, 5.41) is 3.01. The molecule has 0 spiro atoms. The molecule has 0 radical (unpaired) electrons. The second-order valence-corrected chi connectivity index (χ2v) is 4.43. The van der Waals surface area contributed by atoms with Crippen LogP contribution < -0.4 is 11.1 Å². The summed E-state index contributed by atoms with van der Waals surface area (Å²) in [6, 6.07) is 0. The monoisotopic (exact) mass is 252 g/mol. The predicted octanol–water partition coefficient (Wildman–Crippen LogP) is 0.329. The number of carbonyl (C=O) groups excluding carboxylic acids is 2. The molecule has 7 heteroatoms. The molecule has 1 aromatic heterocycles. The van der Waals surface area contributed by atoms with Gasteiger partial charge in [-0.25, -0.2) is 14.8 Å². The SMILES string of the molecule is COC(=O)c1cnc(NC(C)(C)CC(N)=O)cn1. The smallest absolute Gasteiger partial charge is 0.358 e. The molecule has 0 aromatic carbocycles. The van der Waals surface area contributed by atoms with Crippen molar-refractivity contribution in [1.82, 2.24) is 9.97 Å². The summed E-state index contributed by atoms with van der Waals surface area (Å²) in [7, 11) is 1.27. The molecule has 3 N–H and O–H groups in total. The van der Waals surface area contributed by atoms with Gasteiger partial charge in [0.2, 0.25) is 5.91 Å². The lowest BCUT2D eigenvalue weighted by Crippen LogP contribution is -2.36. The molecule has 0 fully saturated rings. The molecule has 0 saturated carbocycles. The number of methoxy groups -OCH3 is 1. The molecule has 0 bridgehead atoms. The van der Waals surface area contributed by atoms with Crippen LogP contribution in [0, 0.1) is 0 Å². The maximum Gasteiger partial charge on any atom is 0.358 e. The Labute approximate surface area is 105 Å². The van der Waals surface area contributed by atoms with Crippen LogP contribution in [-0.4, -0.2) is 34.5 Å². The number of nitrogens with one attached hydrogen (secondary N) is 1. The van der Waals surface area contributed by atoms with E-state index in [0.29, 0.717) is 5.82 Å². The number of carbonyl (C=O) groups is 2. The Morgan fingerprint density at radius 3 is 2.50 bits per heavy atom. The van der Waals surface area contributed by atoms with Gasteiger partial charge in [-0.3, -0.25) is 4.79 Å². The van der Waals surface area contributed by atoms with Crippen molar-refractivity contribution in [3.63, 3.8) is 0 Å². The van der Waals surface area contributed by atoms with E-state index in [1.807, 2.05) is 13.8 Å². The van der Waals surface area contributed by atoms with Crippen LogP contribution in [0.25, 0.3) is 0 Å². The van der Waals surface area contributed by atoms with Crippen molar-refractivity contribution in [3.8, 4) is 0 Å². The maximum absolute atomic E-state index is 11.1. The summed E-state index contributed by atoms with van der Waals surface area (Å²) in [5.41, 5.74) is 4.72. The van der Waals surface area contributed by atoms with Crippen LogP contribution in [0.4, 0.5) is 5.82 Å². The topological polar surface area (TPSA) is 107 Å². The van der Waals surface area contributed by atoms with E-state index in [0.717, 1.165) is 0 Å². The van der Waals surface area contributed by atoms with Gasteiger partial charge in [0.25, 0.3) is 0 Å². The fraction of sp³-hybridized carbons (Fsp3) is 0.455. The second-order valence-electron chi connectivity index (χ2n) is 4.43. The van der Waals surface area contributed by atoms with E-state index in [1.54, 1.807) is 0 Å². The molecular formula is C11H16N4O3. The Bertz CT molecular complexity index is 442. The summed E-state index contributed by atoms with van der Waals surface area (Å²) in [6.07, 6.45) is 2.86. The fourth-order valence-electron chi connectivity index (χ4n) is 1.43. The standard InChI is InChI=1S/C11H16N4O3/c1-11(2,4-8(12)16)15-9-6-13-7(5-14-9)10(17)18-3/h5-6H,4H2,1-3H3,(H2,12,16)(H,14,15). The van der Waals surface area contributed by atoms with E-state index in [4.69, 9.17) is 5.73 Å². The lowest BCUT2D eigenvalue weighted by Gasteiger charge is -2.25. The molecule has 98 valence electrons. The zero-order valence-electron chi connectivity index (χ0n) is 10.6. The molecule has 18 heavy (non-hydrogen) atoms. The number of nitrogens with zero attached hydrogens (tertiary/aromatic N) is 2. The summed E-state index contributed by atoms with van der Waals surface area (Å²) in [6.45, 7) is 3.63. The van der Waals surface area contributed by atoms with Crippen molar-refractivity contribution in [1.29, 1.82) is 0 Å². The van der Waals surface area contributed by atoms with Gasteiger partial charge in [0.05, 0.1) is 19.5 Å². The summed E-state index contributed by atoms with van der Waals surface area (Å²) in [5.74, 6) is -0.508. The second kappa shape index (κ2) is 5.44. The highest BCUT2D eigenvalue weighted by Gasteiger charge is 2.21. The van der Waals surface area contributed by atoms with Crippen LogP contribution in [-0.2, 0) is 9.53 Å². The number of rotatable bonds is 5. The summed E-state index contributed by atoms with van der Waals surface area (Å²) >= 11 is 0. The van der Waals surface area contributed by atoms with Crippen molar-refractivity contribution >= 4 is 17.7 Å². The largest absolute Gasteiger partial charge is 0.464 e. The molecule has 7 nitrogen and oxygen atoms in total. The first kappa shape index (κ1) is 13.9. The van der Waals surface area contributed by atoms with E-state index >= 15 is 0 Å². The van der Waals surface area contributed by atoms with E-state index in [9.17, 15) is 9.59 Å². The zero-order chi connectivity index (χ0) is 13.8. The normalized spacial score (nSPS) is 10.8. The Balaban J connectivity index is 2.74. The Kier molecular flexibility index (Phi) is 4.19. The number of hydrogen-bond donors (Lipinski definition) is 2. The summed E-state index contributed by atoms with van der Waals surface area (Å²) in [4.78, 5) is 29.9. The number of amides is 1. The van der Waals surface area contributed by atoms with Crippen LogP contribution in [0.2, 0.25) is 0 Å². The van der Waals surface area contributed by atoms with Gasteiger partial charge < -0.3 is 15.8 Å². The first-order chi connectivity index (χ1) is 8.34. The molecule has 0 atom stereocenters. The molecule has 1 heterocycles. The van der Waals surface area contributed by atoms with Crippen LogP contribution in [0.1, 0.15) is 30.8 Å². The van der Waals surface area contributed by atoms with E-state index in [-0.39, 0.29) is 12.1 Å². The molecule has 0 aliphatic rings. The molecule has 0 unspecified atom stereocenters. The molecular weight excluding hydrogens is 236 g/mol. The predicted molar refractivity (Wildman–Crippen MR) is 64.9 cm³/mol. The van der Waals surface area contributed by atoms with Crippen LogP contribution >= 0.6 is 0 Å². The third kappa shape index (κ3) is 4.00. The fourth-order valence-corrected chi connectivity index (χ4v) is 1.43. The number of primary amides is 1. The van der Waals surface area contributed by atoms with Gasteiger partial charge in [0.15, 0.2) is 5.69 Å². The molecule has 0 saturated heterocycles. The molecule has 0 aliphatic carbocycles. The van der Waals surface area contributed by atoms with Gasteiger partial charge in [0.1, 0.15) is 5.82 Å². The third-order valence-corrected chi connectivity index (χ3v) is 2.13. The highest BCUT2D eigenvalue weighted by Crippen LogP contribution is 2.15. The quantitative estimate of drug-likeness (QED) is 0.731. The van der Waals surface area contributed by atoms with Gasteiger partial charge in [-0.15, -0.1) is 0 Å². The van der Waals surface area contributed by atoms with Gasteiger partial charge in [0, 0.05) is 12.0 Å². The van der Waals surface area contributed by atoms with Crippen LogP contribution in [0.3, 0.4) is 0 Å². The molecule has 1 rings (SSSR count). The first-order valence-electron chi connectivity index (χ1n) is 5.31. The average Bonchev–Trinajstić information content (AvgIpc) is 2.26. The van der Waals surface area contributed by atoms with Gasteiger partial charge in [-0.2, -0.15) is 0 Å². The number of hydrogen-bond acceptors (Lipinski definition) is 6. The number of anilines is 1. The number of ether oxygens (including phenoxy) is 1. The van der Waals surface area contributed by atoms with Crippen molar-refractivity contribution in [2.24, 2.45) is 5.73 Å². The lowest BCUT2D eigenvalue weighted by atomic mass is 10.0. The highest BCUT2D eigenvalue weighted by atomic mass is 16.5. The Morgan fingerprint density at radius 1 is 1.39 bits per heavy atom. The number of nitrogens with two attached hydrogens (primary N) is 1. The van der Waals surface area contributed by atoms with E-state index in [2.05, 4.69) is 20.0 Å². The number of esters is 1. The maximum atomic E-state index is 11.1. The van der Waals surface area contributed by atoms with Crippen LogP contribution in [0.5, 0.6) is 0 Å². The molecule has 1 amide bonds. The Morgan fingerprint density at radius 2 is 2.06 bits per heavy atom. The minimum absolute atomic E-state index is 0.121. The lowest BCUT2D eigenvalue weighted by molar-refractivity contribution is -0.118. The van der Waals surface area contributed by atoms with Crippen molar-refractivity contribution in [3.05, 3.63) is 18.1 Å². The first-order valence-corrected chi connectivity index (χ1v) is 5.31. The van der Waals surface area contributed by atoms with Gasteiger partial charge >= 0.3 is 5.97 Å². The van der Waals surface area contributed by atoms with Gasteiger partial charge in [-0.05, 0) is 13.8 Å². The van der Waals surface area contributed by atoms with Crippen molar-refractivity contribution < 1.29 is 14.3 Å². The van der Waals surface area contributed by atoms with Crippen molar-refractivity contribution in [2.75, 3.05) is 12.4 Å². The highest BCUT2D eigenvalue weighted by molar-refractivity contribution is 5.86. The minimum Gasteiger partial charge on any atom is -0.464 e. The average molecular weight is 252 g/mol. The molecule has 1 aromatic rings. The minimum atomic E-state index is -0.551. The Hall–Kier alpha value is -2.18. The van der Waals surface area contributed by atoms with E-state index in [1.165, 1.54) is 19.5 Å². The van der Waals surface area contributed by atoms with Crippen molar-refractivity contribution in [2.45, 2.75) is 25.8 Å². The van der Waals surface area contributed by atoms with Crippen LogP contribution in [0.15, 0.2) is 12.4 Å². The third-order valence-electron chi connectivity index (χ3n) is 2.13. The van der Waals surface area contributed by atoms with E-state index < -0.39 is 17.4 Å². The zero-order valence-corrected chi connectivity index (χ0v) is 10.6. The summed E-state index contributed by atoms with van der Waals surface area (Å²) < 4.78 is 4.51.